The van der Waals surface area contributed by atoms with Crippen molar-refractivity contribution in [1.29, 1.82) is 5.41 Å². The van der Waals surface area contributed by atoms with Gasteiger partial charge in [-0.1, -0.05) is 0 Å². The van der Waals surface area contributed by atoms with E-state index in [1.807, 2.05) is 0 Å². The third kappa shape index (κ3) is 6.46. The van der Waals surface area contributed by atoms with E-state index in [4.69, 9.17) is 5.41 Å². The minimum absolute atomic E-state index is 0.129. The van der Waals surface area contributed by atoms with Gasteiger partial charge in [0.25, 0.3) is 0 Å². The van der Waals surface area contributed by atoms with Crippen LogP contribution in [0.3, 0.4) is 0 Å². The molecule has 1 aromatic carbocycles. The number of urea groups is 1. The minimum Gasteiger partial charge on any atom is -0.465 e. The van der Waals surface area contributed by atoms with Crippen LogP contribution in [0, 0.1) is 5.41 Å². The molecule has 9 heteroatoms. The number of amidine groups is 1. The summed E-state index contributed by atoms with van der Waals surface area (Å²) in [5, 5.41) is 14.8. The first-order valence-corrected chi connectivity index (χ1v) is 6.70. The molecule has 124 valence electrons. The summed E-state index contributed by atoms with van der Waals surface area (Å²) < 4.78 is 9.06. The number of amides is 3. The second kappa shape index (κ2) is 9.03. The Labute approximate surface area is 132 Å². The zero-order valence-corrected chi connectivity index (χ0v) is 12.8. The maximum absolute atomic E-state index is 11.6. The van der Waals surface area contributed by atoms with Gasteiger partial charge in [0.2, 0.25) is 0 Å². The molecule has 0 saturated carbocycles. The molecule has 0 aliphatic carbocycles. The van der Waals surface area contributed by atoms with Crippen molar-refractivity contribution in [3.05, 3.63) is 29.8 Å². The van der Waals surface area contributed by atoms with Gasteiger partial charge in [-0.25, -0.2) is 9.59 Å². The first kappa shape index (κ1) is 18.0. The number of methoxy groups -OCH3 is 1. The highest BCUT2D eigenvalue weighted by Gasteiger charge is 2.08. The number of carbonyl (C=O) groups is 3. The maximum atomic E-state index is 11.6. The predicted octanol–water partition coefficient (Wildman–Crippen LogP) is 1.05. The zero-order valence-electron chi connectivity index (χ0n) is 12.8. The molecule has 0 fully saturated rings. The van der Waals surface area contributed by atoms with Gasteiger partial charge >= 0.3 is 18.1 Å². The molecule has 23 heavy (non-hydrogen) atoms. The zero-order chi connectivity index (χ0) is 17.2. The Hall–Kier alpha value is -3.10. The number of esters is 1. The van der Waals surface area contributed by atoms with Gasteiger partial charge in [0, 0.05) is 11.3 Å². The lowest BCUT2D eigenvalue weighted by atomic mass is 10.2. The van der Waals surface area contributed by atoms with E-state index in [2.05, 4.69) is 25.4 Å². The van der Waals surface area contributed by atoms with Crippen LogP contribution in [0.25, 0.3) is 0 Å². The Kier molecular flexibility index (Phi) is 7.05. The molecule has 9 nitrogen and oxygen atoms in total. The number of ether oxygens (including phenoxy) is 2. The Balaban J connectivity index is 2.50. The standard InChI is InChI=1S/C14H18N4O5/c1-3-23-11(19)8-16-13(20)17-10-6-4-9(5-7-10)12(15)18-14(21)22-2/h4-7H,3,8H2,1-2H3,(H2,15,18,21)(H2,16,17,20). The van der Waals surface area contributed by atoms with Crippen molar-refractivity contribution in [2.75, 3.05) is 25.6 Å². The van der Waals surface area contributed by atoms with Gasteiger partial charge in [-0.2, -0.15) is 0 Å². The largest absolute Gasteiger partial charge is 0.465 e. The molecule has 3 amide bonds. The molecule has 1 aromatic rings. The highest BCUT2D eigenvalue weighted by atomic mass is 16.5. The van der Waals surface area contributed by atoms with Crippen molar-refractivity contribution >= 4 is 29.6 Å². The Bertz CT molecular complexity index is 585. The third-order valence-electron chi connectivity index (χ3n) is 2.54. The molecule has 0 aromatic heterocycles. The van der Waals surface area contributed by atoms with Gasteiger partial charge in [0.05, 0.1) is 13.7 Å². The molecule has 0 heterocycles. The molecule has 0 saturated heterocycles. The lowest BCUT2D eigenvalue weighted by molar-refractivity contribution is -0.141. The highest BCUT2D eigenvalue weighted by Crippen LogP contribution is 2.09. The molecule has 4 N–H and O–H groups in total. The average Bonchev–Trinajstić information content (AvgIpc) is 2.53. The van der Waals surface area contributed by atoms with Crippen LogP contribution in [0.2, 0.25) is 0 Å². The third-order valence-corrected chi connectivity index (χ3v) is 2.54. The van der Waals surface area contributed by atoms with Crippen LogP contribution in [0.1, 0.15) is 12.5 Å². The van der Waals surface area contributed by atoms with Crippen molar-refractivity contribution in [3.63, 3.8) is 0 Å². The molecule has 0 aliphatic rings. The van der Waals surface area contributed by atoms with E-state index >= 15 is 0 Å². The van der Waals surface area contributed by atoms with Crippen molar-refractivity contribution in [3.8, 4) is 0 Å². The fourth-order valence-corrected chi connectivity index (χ4v) is 1.49. The average molecular weight is 322 g/mol. The van der Waals surface area contributed by atoms with E-state index < -0.39 is 18.1 Å². The number of hydrogen-bond donors (Lipinski definition) is 4. The number of hydrogen-bond acceptors (Lipinski definition) is 6. The monoisotopic (exact) mass is 322 g/mol. The summed E-state index contributed by atoms with van der Waals surface area (Å²) >= 11 is 0. The Morgan fingerprint density at radius 2 is 1.83 bits per heavy atom. The Morgan fingerprint density at radius 1 is 1.17 bits per heavy atom. The van der Waals surface area contributed by atoms with Crippen LogP contribution < -0.4 is 16.0 Å². The number of rotatable bonds is 5. The fraction of sp³-hybridized carbons (Fsp3) is 0.286. The van der Waals surface area contributed by atoms with E-state index in [1.54, 1.807) is 31.2 Å². The van der Waals surface area contributed by atoms with Crippen molar-refractivity contribution in [2.45, 2.75) is 6.92 Å². The topological polar surface area (TPSA) is 130 Å². The minimum atomic E-state index is -0.740. The van der Waals surface area contributed by atoms with Crippen molar-refractivity contribution in [2.24, 2.45) is 0 Å². The normalized spacial score (nSPS) is 9.48. The number of carbonyl (C=O) groups excluding carboxylic acids is 3. The van der Waals surface area contributed by atoms with Gasteiger partial charge in [-0.15, -0.1) is 0 Å². The highest BCUT2D eigenvalue weighted by molar-refractivity contribution is 6.04. The van der Waals surface area contributed by atoms with Crippen LogP contribution in [0.15, 0.2) is 24.3 Å². The Morgan fingerprint density at radius 3 is 2.39 bits per heavy atom. The van der Waals surface area contributed by atoms with Gasteiger partial charge in [-0.05, 0) is 31.2 Å². The van der Waals surface area contributed by atoms with Crippen LogP contribution >= 0.6 is 0 Å². The molecule has 0 radical (unpaired) electrons. The second-order valence-corrected chi connectivity index (χ2v) is 4.18. The number of benzene rings is 1. The summed E-state index contributed by atoms with van der Waals surface area (Å²) in [5.41, 5.74) is 0.897. The summed E-state index contributed by atoms with van der Waals surface area (Å²) in [5.74, 6) is -0.657. The van der Waals surface area contributed by atoms with E-state index in [0.717, 1.165) is 0 Å². The molecular weight excluding hydrogens is 304 g/mol. The maximum Gasteiger partial charge on any atom is 0.412 e. The van der Waals surface area contributed by atoms with Crippen molar-refractivity contribution < 1.29 is 23.9 Å². The predicted molar refractivity (Wildman–Crippen MR) is 82.5 cm³/mol. The molecule has 0 atom stereocenters. The number of anilines is 1. The summed E-state index contributed by atoms with van der Waals surface area (Å²) in [6, 6.07) is 5.62. The van der Waals surface area contributed by atoms with E-state index in [0.29, 0.717) is 11.3 Å². The van der Waals surface area contributed by atoms with Crippen LogP contribution in [0.5, 0.6) is 0 Å². The lowest BCUT2D eigenvalue weighted by Crippen LogP contribution is -2.34. The second-order valence-electron chi connectivity index (χ2n) is 4.18. The van der Waals surface area contributed by atoms with Gasteiger partial charge in [0.1, 0.15) is 12.4 Å². The molecular formula is C14H18N4O5. The van der Waals surface area contributed by atoms with Crippen LogP contribution in [0.4, 0.5) is 15.3 Å². The summed E-state index contributed by atoms with van der Waals surface area (Å²) in [7, 11) is 1.20. The van der Waals surface area contributed by atoms with Gasteiger partial charge in [0.15, 0.2) is 0 Å². The number of nitrogens with one attached hydrogen (secondary N) is 4. The van der Waals surface area contributed by atoms with Crippen LogP contribution in [-0.4, -0.2) is 44.2 Å². The van der Waals surface area contributed by atoms with E-state index in [1.165, 1.54) is 7.11 Å². The molecule has 1 rings (SSSR count). The fourth-order valence-electron chi connectivity index (χ4n) is 1.49. The first-order valence-electron chi connectivity index (χ1n) is 6.70. The molecule has 0 aliphatic heterocycles. The molecule has 0 unspecified atom stereocenters. The quantitative estimate of drug-likeness (QED) is 0.366. The number of alkyl carbamates (subject to hydrolysis) is 1. The summed E-state index contributed by atoms with van der Waals surface area (Å²) in [6.07, 6.45) is -0.740. The van der Waals surface area contributed by atoms with Gasteiger partial charge in [-0.3, -0.25) is 15.5 Å². The van der Waals surface area contributed by atoms with Crippen molar-refractivity contribution in [1.82, 2.24) is 10.6 Å². The first-order chi connectivity index (χ1) is 11.0. The smallest absolute Gasteiger partial charge is 0.412 e. The SMILES string of the molecule is CCOC(=O)CNC(=O)Nc1ccc(C(=N)NC(=O)OC)cc1. The van der Waals surface area contributed by atoms with Crippen LogP contribution in [-0.2, 0) is 14.3 Å². The molecule has 0 bridgehead atoms. The van der Waals surface area contributed by atoms with E-state index in [9.17, 15) is 14.4 Å². The molecule has 0 spiro atoms. The van der Waals surface area contributed by atoms with E-state index in [-0.39, 0.29) is 19.0 Å². The van der Waals surface area contributed by atoms with Gasteiger partial charge < -0.3 is 20.1 Å². The lowest BCUT2D eigenvalue weighted by Gasteiger charge is -2.09. The summed E-state index contributed by atoms with van der Waals surface area (Å²) in [4.78, 5) is 33.7. The summed E-state index contributed by atoms with van der Waals surface area (Å²) in [6.45, 7) is 1.69.